The van der Waals surface area contributed by atoms with Crippen molar-refractivity contribution in [1.29, 1.82) is 5.26 Å². The van der Waals surface area contributed by atoms with E-state index in [0.29, 0.717) is 43.9 Å². The smallest absolute Gasteiger partial charge is 0.0991 e. The Kier molecular flexibility index (Phi) is 10.1. The number of aromatic nitrogens is 3. The first kappa shape index (κ1) is 27.2. The lowest BCUT2D eigenvalue weighted by Crippen LogP contribution is -2.22. The van der Waals surface area contributed by atoms with Crippen LogP contribution < -0.4 is 0 Å². The monoisotopic (exact) mass is 512 g/mol. The lowest BCUT2D eigenvalue weighted by Gasteiger charge is -2.13. The Hall–Kier alpha value is -3.87. The van der Waals surface area contributed by atoms with E-state index in [4.69, 9.17) is 14.7 Å². The lowest BCUT2D eigenvalue weighted by atomic mass is 10.0. The predicted octanol–water partition coefficient (Wildman–Crippen LogP) is 3.41. The summed E-state index contributed by atoms with van der Waals surface area (Å²) < 4.78 is 12.7. The Balaban J connectivity index is 1.07. The highest BCUT2D eigenvalue weighted by molar-refractivity contribution is 5.63. The van der Waals surface area contributed by atoms with Gasteiger partial charge in [0.05, 0.1) is 62.5 Å². The van der Waals surface area contributed by atoms with Gasteiger partial charge in [-0.2, -0.15) is 5.26 Å². The van der Waals surface area contributed by atoms with E-state index in [-0.39, 0.29) is 13.2 Å². The van der Waals surface area contributed by atoms with Crippen molar-refractivity contribution in [3.05, 3.63) is 107 Å². The zero-order chi connectivity index (χ0) is 26.6. The molecule has 0 spiro atoms. The molecular formula is C30H32N4O4. The number of hydrogen-bond donors (Lipinski definition) is 2. The minimum absolute atomic E-state index is 0.155. The van der Waals surface area contributed by atoms with Gasteiger partial charge in [-0.3, -0.25) is 0 Å². The molecule has 4 aromatic rings. The first-order valence-electron chi connectivity index (χ1n) is 12.6. The molecular weight excluding hydrogens is 480 g/mol. The number of rotatable bonds is 14. The SMILES string of the molecule is N#Cc1ccc(Cn2cc(C[C@H](O)COCCOC[C@@H](O)Cc3ccc(-c4ccccc4)cc3)nn2)cc1. The summed E-state index contributed by atoms with van der Waals surface area (Å²) in [6, 6.07) is 27.8. The van der Waals surface area contributed by atoms with Gasteiger partial charge in [0.15, 0.2) is 0 Å². The first-order valence-corrected chi connectivity index (χ1v) is 12.6. The predicted molar refractivity (Wildman–Crippen MR) is 143 cm³/mol. The number of nitrogens with zero attached hydrogens (tertiary/aromatic N) is 4. The number of ether oxygens (including phenoxy) is 2. The van der Waals surface area contributed by atoms with Gasteiger partial charge in [-0.25, -0.2) is 4.68 Å². The van der Waals surface area contributed by atoms with Crippen LogP contribution >= 0.6 is 0 Å². The molecule has 0 aliphatic carbocycles. The second-order valence-corrected chi connectivity index (χ2v) is 9.14. The zero-order valence-corrected chi connectivity index (χ0v) is 21.2. The fourth-order valence-corrected chi connectivity index (χ4v) is 4.03. The molecule has 2 atom stereocenters. The van der Waals surface area contributed by atoms with Crippen LogP contribution in [0.25, 0.3) is 11.1 Å². The van der Waals surface area contributed by atoms with Crippen LogP contribution in [0.1, 0.15) is 22.4 Å². The lowest BCUT2D eigenvalue weighted by molar-refractivity contribution is -0.0165. The summed E-state index contributed by atoms with van der Waals surface area (Å²) in [5, 5.41) is 37.6. The molecule has 1 heterocycles. The summed E-state index contributed by atoms with van der Waals surface area (Å²) in [4.78, 5) is 0. The molecule has 0 saturated carbocycles. The average Bonchev–Trinajstić information content (AvgIpc) is 3.38. The Morgan fingerprint density at radius 3 is 2.03 bits per heavy atom. The Bertz CT molecular complexity index is 1280. The van der Waals surface area contributed by atoms with Crippen molar-refractivity contribution in [1.82, 2.24) is 15.0 Å². The maximum absolute atomic E-state index is 10.3. The molecule has 0 aliphatic heterocycles. The molecule has 8 nitrogen and oxygen atoms in total. The average molecular weight is 513 g/mol. The van der Waals surface area contributed by atoms with E-state index < -0.39 is 12.2 Å². The Labute approximate surface area is 222 Å². The van der Waals surface area contributed by atoms with Crippen molar-refractivity contribution in [2.75, 3.05) is 26.4 Å². The molecule has 0 unspecified atom stereocenters. The second kappa shape index (κ2) is 14.2. The van der Waals surface area contributed by atoms with Gasteiger partial charge in [0.25, 0.3) is 0 Å². The summed E-state index contributed by atoms with van der Waals surface area (Å²) in [5.41, 5.74) is 5.66. The standard InChI is InChI=1S/C30H32N4O4/c31-18-24-6-8-25(9-7-24)19-34-20-28(32-33-34)17-30(36)22-38-15-14-37-21-29(35)16-23-10-12-27(13-11-23)26-4-2-1-3-5-26/h1-13,20,29-30,35-36H,14-17,19,21-22H2/t29-,30-/m0/s1. The third-order valence-corrected chi connectivity index (χ3v) is 5.98. The van der Waals surface area contributed by atoms with Crippen LogP contribution in [0.2, 0.25) is 0 Å². The highest BCUT2D eigenvalue weighted by Gasteiger charge is 2.11. The molecule has 0 aliphatic rings. The third-order valence-electron chi connectivity index (χ3n) is 5.98. The molecule has 38 heavy (non-hydrogen) atoms. The number of aliphatic hydroxyl groups excluding tert-OH is 2. The third kappa shape index (κ3) is 8.61. The van der Waals surface area contributed by atoms with Gasteiger partial charge in [-0.15, -0.1) is 5.10 Å². The maximum atomic E-state index is 10.3. The summed E-state index contributed by atoms with van der Waals surface area (Å²) >= 11 is 0. The summed E-state index contributed by atoms with van der Waals surface area (Å²) in [7, 11) is 0. The number of hydrogen-bond acceptors (Lipinski definition) is 7. The molecule has 8 heteroatoms. The van der Waals surface area contributed by atoms with E-state index in [1.54, 1.807) is 23.0 Å². The fourth-order valence-electron chi connectivity index (χ4n) is 4.03. The minimum Gasteiger partial charge on any atom is -0.390 e. The van der Waals surface area contributed by atoms with Gasteiger partial charge in [-0.05, 0) is 34.4 Å². The van der Waals surface area contributed by atoms with E-state index in [1.165, 1.54) is 5.56 Å². The van der Waals surface area contributed by atoms with Gasteiger partial charge in [0, 0.05) is 19.0 Å². The fraction of sp³-hybridized carbons (Fsp3) is 0.300. The first-order chi connectivity index (χ1) is 18.6. The summed E-state index contributed by atoms with van der Waals surface area (Å²) in [6.07, 6.45) is 1.33. The van der Waals surface area contributed by atoms with E-state index in [0.717, 1.165) is 16.7 Å². The van der Waals surface area contributed by atoms with Crippen LogP contribution in [0, 0.1) is 11.3 Å². The van der Waals surface area contributed by atoms with E-state index in [1.807, 2.05) is 42.5 Å². The quantitative estimate of drug-likeness (QED) is 0.249. The van der Waals surface area contributed by atoms with Crippen LogP contribution in [0.5, 0.6) is 0 Å². The zero-order valence-electron chi connectivity index (χ0n) is 21.2. The molecule has 0 fully saturated rings. The Morgan fingerprint density at radius 1 is 0.763 bits per heavy atom. The molecule has 3 aromatic carbocycles. The second-order valence-electron chi connectivity index (χ2n) is 9.14. The molecule has 0 amide bonds. The van der Waals surface area contributed by atoms with Crippen molar-refractivity contribution in [2.24, 2.45) is 0 Å². The number of aliphatic hydroxyl groups is 2. The van der Waals surface area contributed by atoms with Crippen LogP contribution in [0.15, 0.2) is 85.1 Å². The van der Waals surface area contributed by atoms with Crippen LogP contribution in [0.4, 0.5) is 0 Å². The normalized spacial score (nSPS) is 12.7. The van der Waals surface area contributed by atoms with Crippen molar-refractivity contribution in [3.8, 4) is 17.2 Å². The maximum Gasteiger partial charge on any atom is 0.0991 e. The molecule has 4 rings (SSSR count). The van der Waals surface area contributed by atoms with Gasteiger partial charge >= 0.3 is 0 Å². The van der Waals surface area contributed by atoms with Crippen molar-refractivity contribution in [2.45, 2.75) is 31.6 Å². The molecule has 0 radical (unpaired) electrons. The largest absolute Gasteiger partial charge is 0.390 e. The molecule has 1 aromatic heterocycles. The molecule has 0 saturated heterocycles. The molecule has 196 valence electrons. The van der Waals surface area contributed by atoms with E-state index in [9.17, 15) is 10.2 Å². The number of nitriles is 1. The summed E-state index contributed by atoms with van der Waals surface area (Å²) in [5.74, 6) is 0. The minimum atomic E-state index is -0.709. The van der Waals surface area contributed by atoms with Crippen molar-refractivity contribution >= 4 is 0 Å². The van der Waals surface area contributed by atoms with E-state index in [2.05, 4.69) is 40.6 Å². The molecule has 2 N–H and O–H groups in total. The number of benzene rings is 3. The molecule has 0 bridgehead atoms. The van der Waals surface area contributed by atoms with Crippen LogP contribution in [-0.4, -0.2) is 63.8 Å². The van der Waals surface area contributed by atoms with Gasteiger partial charge in [0.1, 0.15) is 0 Å². The van der Waals surface area contributed by atoms with Crippen LogP contribution in [0.3, 0.4) is 0 Å². The van der Waals surface area contributed by atoms with Crippen molar-refractivity contribution in [3.63, 3.8) is 0 Å². The summed E-state index contributed by atoms with van der Waals surface area (Å²) in [6.45, 7) is 1.56. The topological polar surface area (TPSA) is 113 Å². The van der Waals surface area contributed by atoms with E-state index >= 15 is 0 Å². The van der Waals surface area contributed by atoms with Gasteiger partial charge in [0.2, 0.25) is 0 Å². The van der Waals surface area contributed by atoms with Gasteiger partial charge in [-0.1, -0.05) is 71.9 Å². The van der Waals surface area contributed by atoms with Crippen molar-refractivity contribution < 1.29 is 19.7 Å². The highest BCUT2D eigenvalue weighted by Crippen LogP contribution is 2.19. The van der Waals surface area contributed by atoms with Crippen LogP contribution in [-0.2, 0) is 28.9 Å². The Morgan fingerprint density at radius 2 is 1.37 bits per heavy atom. The highest BCUT2D eigenvalue weighted by atomic mass is 16.5. The van der Waals surface area contributed by atoms with Gasteiger partial charge < -0.3 is 19.7 Å².